The lowest BCUT2D eigenvalue weighted by atomic mass is 10.2. The molecule has 0 aromatic carbocycles. The summed E-state index contributed by atoms with van der Waals surface area (Å²) in [6, 6.07) is 1.73. The molecule has 0 saturated carbocycles. The van der Waals surface area contributed by atoms with Gasteiger partial charge in [-0.15, -0.1) is 0 Å². The Labute approximate surface area is 122 Å². The highest BCUT2D eigenvalue weighted by molar-refractivity contribution is 6.07. The van der Waals surface area contributed by atoms with E-state index < -0.39 is 0 Å². The normalized spacial score (nSPS) is 10.6. The highest BCUT2D eigenvalue weighted by Crippen LogP contribution is 2.20. The Morgan fingerprint density at radius 3 is 2.95 bits per heavy atom. The Bertz CT molecular complexity index is 651. The number of pyridine rings is 1. The maximum absolute atomic E-state index is 12.1. The van der Waals surface area contributed by atoms with Gasteiger partial charge in [0.15, 0.2) is 0 Å². The van der Waals surface area contributed by atoms with Crippen molar-refractivity contribution in [2.24, 2.45) is 0 Å². The fraction of sp³-hybridized carbons (Fsp3) is 0.357. The number of anilines is 1. The van der Waals surface area contributed by atoms with E-state index in [-0.39, 0.29) is 11.8 Å². The van der Waals surface area contributed by atoms with Crippen molar-refractivity contribution in [3.8, 4) is 0 Å². The predicted molar refractivity (Wildman–Crippen MR) is 79.2 cm³/mol. The van der Waals surface area contributed by atoms with Gasteiger partial charge in [0.2, 0.25) is 5.91 Å². The molecule has 0 saturated heterocycles. The minimum Gasteiger partial charge on any atom is -0.383 e. The molecule has 0 radical (unpaired) electrons. The fourth-order valence-electron chi connectivity index (χ4n) is 1.87. The molecule has 2 aromatic rings. The molecule has 0 aliphatic rings. The first-order valence-electron chi connectivity index (χ1n) is 6.69. The van der Waals surface area contributed by atoms with Gasteiger partial charge in [-0.2, -0.15) is 0 Å². The van der Waals surface area contributed by atoms with E-state index in [2.05, 4.69) is 20.6 Å². The van der Waals surface area contributed by atoms with E-state index in [9.17, 15) is 9.59 Å². The number of H-pyrrole nitrogens is 1. The van der Waals surface area contributed by atoms with Crippen LogP contribution in [0.15, 0.2) is 18.5 Å². The first-order chi connectivity index (χ1) is 10.2. The number of nitrogens with one attached hydrogen (secondary N) is 3. The molecule has 0 spiro atoms. The van der Waals surface area contributed by atoms with Crippen molar-refractivity contribution in [1.29, 1.82) is 0 Å². The lowest BCUT2D eigenvalue weighted by Gasteiger charge is -2.05. The SMILES string of the molecule is CCC(=O)Nc1cnc2[nH]cc(C(=O)NCCOC)c2c1. The minimum absolute atomic E-state index is 0.0993. The first kappa shape index (κ1) is 15.0. The molecule has 112 valence electrons. The Morgan fingerprint density at radius 2 is 2.24 bits per heavy atom. The third-order valence-electron chi connectivity index (χ3n) is 2.97. The van der Waals surface area contributed by atoms with Gasteiger partial charge in [0.05, 0.1) is 24.1 Å². The van der Waals surface area contributed by atoms with Crippen LogP contribution in [0.5, 0.6) is 0 Å². The molecular formula is C14H18N4O3. The molecule has 2 rings (SSSR count). The van der Waals surface area contributed by atoms with Gasteiger partial charge in [-0.3, -0.25) is 9.59 Å². The van der Waals surface area contributed by atoms with Crippen LogP contribution in [0.25, 0.3) is 11.0 Å². The maximum atomic E-state index is 12.1. The van der Waals surface area contributed by atoms with E-state index in [1.54, 1.807) is 32.5 Å². The summed E-state index contributed by atoms with van der Waals surface area (Å²) in [5.41, 5.74) is 1.66. The lowest BCUT2D eigenvalue weighted by Crippen LogP contribution is -2.26. The van der Waals surface area contributed by atoms with Gasteiger partial charge >= 0.3 is 0 Å². The molecule has 0 atom stereocenters. The van der Waals surface area contributed by atoms with Crippen LogP contribution in [0.3, 0.4) is 0 Å². The van der Waals surface area contributed by atoms with Crippen molar-refractivity contribution in [3.63, 3.8) is 0 Å². The highest BCUT2D eigenvalue weighted by Gasteiger charge is 2.13. The van der Waals surface area contributed by atoms with Crippen molar-refractivity contribution in [2.75, 3.05) is 25.6 Å². The molecule has 7 nitrogen and oxygen atoms in total. The predicted octanol–water partition coefficient (Wildman–Crippen LogP) is 1.29. The number of carbonyl (C=O) groups excluding carboxylic acids is 2. The molecule has 3 N–H and O–H groups in total. The number of hydrogen-bond donors (Lipinski definition) is 3. The molecule has 0 bridgehead atoms. The molecule has 2 heterocycles. The second kappa shape index (κ2) is 6.85. The molecule has 2 amide bonds. The molecule has 0 fully saturated rings. The summed E-state index contributed by atoms with van der Waals surface area (Å²) >= 11 is 0. The van der Waals surface area contributed by atoms with Gasteiger partial charge in [-0.05, 0) is 6.07 Å². The van der Waals surface area contributed by atoms with Gasteiger partial charge in [0.25, 0.3) is 5.91 Å². The van der Waals surface area contributed by atoms with Gasteiger partial charge in [-0.25, -0.2) is 4.98 Å². The molecule has 7 heteroatoms. The number of aromatic nitrogens is 2. The van der Waals surface area contributed by atoms with Crippen LogP contribution in [0.4, 0.5) is 5.69 Å². The van der Waals surface area contributed by atoms with E-state index in [0.29, 0.717) is 41.9 Å². The zero-order valence-corrected chi connectivity index (χ0v) is 12.0. The number of hydrogen-bond acceptors (Lipinski definition) is 4. The number of fused-ring (bicyclic) bond motifs is 1. The number of amides is 2. The van der Waals surface area contributed by atoms with Gasteiger partial charge in [0, 0.05) is 31.7 Å². The van der Waals surface area contributed by atoms with Crippen molar-refractivity contribution in [3.05, 3.63) is 24.0 Å². The first-order valence-corrected chi connectivity index (χ1v) is 6.69. The van der Waals surface area contributed by atoms with E-state index in [1.165, 1.54) is 0 Å². The summed E-state index contributed by atoms with van der Waals surface area (Å²) in [6.45, 7) is 2.65. The Hall–Kier alpha value is -2.41. The summed E-state index contributed by atoms with van der Waals surface area (Å²) in [7, 11) is 1.57. The van der Waals surface area contributed by atoms with Crippen molar-refractivity contribution in [1.82, 2.24) is 15.3 Å². The van der Waals surface area contributed by atoms with Crippen LogP contribution < -0.4 is 10.6 Å². The number of aromatic amines is 1. The van der Waals surface area contributed by atoms with Crippen LogP contribution in [-0.4, -0.2) is 42.0 Å². The van der Waals surface area contributed by atoms with Gasteiger partial charge in [-0.1, -0.05) is 6.92 Å². The van der Waals surface area contributed by atoms with Crippen LogP contribution in [0.2, 0.25) is 0 Å². The molecular weight excluding hydrogens is 272 g/mol. The third kappa shape index (κ3) is 3.57. The van der Waals surface area contributed by atoms with Gasteiger partial charge < -0.3 is 20.4 Å². The average Bonchev–Trinajstić information content (AvgIpc) is 2.90. The Kier molecular flexibility index (Phi) is 4.89. The topological polar surface area (TPSA) is 96.1 Å². The summed E-state index contributed by atoms with van der Waals surface area (Å²) in [5, 5.41) is 6.14. The van der Waals surface area contributed by atoms with E-state index in [1.807, 2.05) is 0 Å². The van der Waals surface area contributed by atoms with E-state index >= 15 is 0 Å². The highest BCUT2D eigenvalue weighted by atomic mass is 16.5. The number of nitrogens with zero attached hydrogens (tertiary/aromatic N) is 1. The molecule has 0 aliphatic carbocycles. The smallest absolute Gasteiger partial charge is 0.253 e. The third-order valence-corrected chi connectivity index (χ3v) is 2.97. The second-order valence-electron chi connectivity index (χ2n) is 4.47. The fourth-order valence-corrected chi connectivity index (χ4v) is 1.87. The van der Waals surface area contributed by atoms with Crippen LogP contribution >= 0.6 is 0 Å². The standard InChI is InChI=1S/C14H18N4O3/c1-3-12(19)18-9-6-10-11(8-17-13(10)16-7-9)14(20)15-4-5-21-2/h6-8H,3-5H2,1-2H3,(H,15,20)(H,16,17)(H,18,19). The van der Waals surface area contributed by atoms with Crippen LogP contribution in [0, 0.1) is 0 Å². The largest absolute Gasteiger partial charge is 0.383 e. The van der Waals surface area contributed by atoms with Gasteiger partial charge in [0.1, 0.15) is 5.65 Å². The molecule has 21 heavy (non-hydrogen) atoms. The molecule has 0 unspecified atom stereocenters. The maximum Gasteiger partial charge on any atom is 0.253 e. The summed E-state index contributed by atoms with van der Waals surface area (Å²) in [4.78, 5) is 30.6. The number of ether oxygens (including phenoxy) is 1. The summed E-state index contributed by atoms with van der Waals surface area (Å²) in [5.74, 6) is -0.308. The quantitative estimate of drug-likeness (QED) is 0.698. The van der Waals surface area contributed by atoms with Crippen LogP contribution in [0.1, 0.15) is 23.7 Å². The number of methoxy groups -OCH3 is 1. The average molecular weight is 290 g/mol. The molecule has 0 aliphatic heterocycles. The van der Waals surface area contributed by atoms with Crippen LogP contribution in [-0.2, 0) is 9.53 Å². The zero-order chi connectivity index (χ0) is 15.2. The number of rotatable bonds is 6. The van der Waals surface area contributed by atoms with Crippen molar-refractivity contribution < 1.29 is 14.3 Å². The Morgan fingerprint density at radius 1 is 1.43 bits per heavy atom. The lowest BCUT2D eigenvalue weighted by molar-refractivity contribution is -0.115. The van der Waals surface area contributed by atoms with E-state index in [4.69, 9.17) is 4.74 Å². The van der Waals surface area contributed by atoms with Crippen molar-refractivity contribution >= 4 is 28.5 Å². The van der Waals surface area contributed by atoms with Crippen molar-refractivity contribution in [2.45, 2.75) is 13.3 Å². The Balaban J connectivity index is 2.22. The summed E-state index contributed by atoms with van der Waals surface area (Å²) < 4.78 is 4.89. The van der Waals surface area contributed by atoms with E-state index in [0.717, 1.165) is 0 Å². The summed E-state index contributed by atoms with van der Waals surface area (Å²) in [6.07, 6.45) is 3.54. The minimum atomic E-state index is -0.209. The second-order valence-corrected chi connectivity index (χ2v) is 4.47. The monoisotopic (exact) mass is 290 g/mol. The molecule has 2 aromatic heterocycles. The zero-order valence-electron chi connectivity index (χ0n) is 12.0. The number of carbonyl (C=O) groups is 2.